The molecule has 0 aliphatic carbocycles. The third-order valence-electron chi connectivity index (χ3n) is 7.63. The van der Waals surface area contributed by atoms with Crippen molar-refractivity contribution in [3.63, 3.8) is 0 Å². The number of aryl methyl sites for hydroxylation is 1. The normalized spacial score (nSPS) is 22.6. The number of fused-ring (bicyclic) bond motifs is 1. The van der Waals surface area contributed by atoms with Crippen LogP contribution < -0.4 is 4.90 Å². The van der Waals surface area contributed by atoms with Gasteiger partial charge in [-0.15, -0.1) is 12.4 Å². The van der Waals surface area contributed by atoms with Gasteiger partial charge in [0.1, 0.15) is 11.3 Å². The van der Waals surface area contributed by atoms with Crippen molar-refractivity contribution in [2.24, 2.45) is 5.92 Å². The first-order chi connectivity index (χ1) is 16.4. The van der Waals surface area contributed by atoms with E-state index in [0.717, 1.165) is 41.3 Å². The van der Waals surface area contributed by atoms with Gasteiger partial charge in [-0.05, 0) is 69.8 Å². The van der Waals surface area contributed by atoms with Gasteiger partial charge >= 0.3 is 0 Å². The molecule has 5 rings (SSSR count). The van der Waals surface area contributed by atoms with Crippen LogP contribution in [0.2, 0.25) is 10.0 Å². The van der Waals surface area contributed by atoms with Gasteiger partial charge in [-0.1, -0.05) is 49.0 Å². The highest BCUT2D eigenvalue weighted by Gasteiger charge is 2.32. The van der Waals surface area contributed by atoms with Crippen LogP contribution in [0.5, 0.6) is 0 Å². The number of hydrogen-bond donors (Lipinski definition) is 0. The Bertz CT molecular complexity index is 1160. The molecular formula is C26H35Cl3N6. The first-order valence-electron chi connectivity index (χ1n) is 12.6. The molecule has 4 heterocycles. The van der Waals surface area contributed by atoms with Gasteiger partial charge in [-0.25, -0.2) is 14.6 Å². The maximum atomic E-state index is 6.52. The van der Waals surface area contributed by atoms with Gasteiger partial charge in [-0.2, -0.15) is 5.10 Å². The van der Waals surface area contributed by atoms with E-state index in [1.54, 1.807) is 6.07 Å². The van der Waals surface area contributed by atoms with E-state index in [-0.39, 0.29) is 18.4 Å². The number of piperidine rings is 1. The van der Waals surface area contributed by atoms with Crippen LogP contribution in [0, 0.1) is 12.8 Å². The maximum Gasteiger partial charge on any atom is 0.179 e. The topological polar surface area (TPSA) is 50.1 Å². The number of halogens is 3. The Balaban J connectivity index is 0.00000289. The van der Waals surface area contributed by atoms with Crippen LogP contribution in [0.4, 0.5) is 5.82 Å². The van der Waals surface area contributed by atoms with Gasteiger partial charge in [0.15, 0.2) is 5.65 Å². The van der Waals surface area contributed by atoms with E-state index in [9.17, 15) is 0 Å². The fraction of sp³-hybridized carbons (Fsp3) is 0.577. The summed E-state index contributed by atoms with van der Waals surface area (Å²) in [4.78, 5) is 15.0. The lowest BCUT2D eigenvalue weighted by Gasteiger charge is -2.42. The van der Waals surface area contributed by atoms with Crippen LogP contribution in [0.1, 0.15) is 63.3 Å². The molecule has 35 heavy (non-hydrogen) atoms. The summed E-state index contributed by atoms with van der Waals surface area (Å²) >= 11 is 12.6. The molecule has 6 nitrogen and oxygen atoms in total. The van der Waals surface area contributed by atoms with Crippen LogP contribution in [-0.4, -0.2) is 56.9 Å². The summed E-state index contributed by atoms with van der Waals surface area (Å²) in [6.45, 7) is 11.0. The van der Waals surface area contributed by atoms with E-state index in [4.69, 9.17) is 38.3 Å². The molecule has 0 saturated carbocycles. The molecule has 1 unspecified atom stereocenters. The first-order valence-corrected chi connectivity index (χ1v) is 13.3. The van der Waals surface area contributed by atoms with E-state index >= 15 is 0 Å². The lowest BCUT2D eigenvalue weighted by Crippen LogP contribution is -2.50. The van der Waals surface area contributed by atoms with Gasteiger partial charge < -0.3 is 4.90 Å². The smallest absolute Gasteiger partial charge is 0.179 e. The summed E-state index contributed by atoms with van der Waals surface area (Å²) in [5.74, 6) is 1.53. The molecule has 0 spiro atoms. The Morgan fingerprint density at radius 2 is 1.80 bits per heavy atom. The van der Waals surface area contributed by atoms with E-state index in [0.29, 0.717) is 22.0 Å². The monoisotopic (exact) mass is 536 g/mol. The Hall–Kier alpha value is -1.60. The standard InChI is InChI=1S/C26H34Cl2N6.ClH/c1-17-16-33(13-10-23(17)32-11-6-4-5-7-12-32)24-15-29-25-18(2)31-34(26(25)30-24)19(3)21-9-8-20(27)14-22(21)28;/h8-9,14-15,17,19,23H,4-7,10-13,16H2,1-3H3;1H/t17-,19?,23+;/m1./s1. The molecule has 0 bridgehead atoms. The minimum atomic E-state index is -0.0850. The third kappa shape index (κ3) is 5.41. The number of rotatable bonds is 4. The van der Waals surface area contributed by atoms with E-state index in [2.05, 4.69) is 23.6 Å². The zero-order valence-electron chi connectivity index (χ0n) is 20.8. The number of aromatic nitrogens is 4. The molecule has 0 N–H and O–H groups in total. The average molecular weight is 538 g/mol. The minimum absolute atomic E-state index is 0. The fourth-order valence-corrected chi connectivity index (χ4v) is 6.31. The molecule has 190 valence electrons. The van der Waals surface area contributed by atoms with E-state index in [1.807, 2.05) is 29.9 Å². The second kappa shape index (κ2) is 11.2. The highest BCUT2D eigenvalue weighted by atomic mass is 35.5. The van der Waals surface area contributed by atoms with E-state index < -0.39 is 0 Å². The zero-order valence-corrected chi connectivity index (χ0v) is 23.1. The van der Waals surface area contributed by atoms with Crippen molar-refractivity contribution >= 4 is 52.6 Å². The van der Waals surface area contributed by atoms with Crippen molar-refractivity contribution in [3.8, 4) is 0 Å². The molecule has 0 amide bonds. The van der Waals surface area contributed by atoms with Crippen LogP contribution in [-0.2, 0) is 0 Å². The van der Waals surface area contributed by atoms with Crippen LogP contribution in [0.25, 0.3) is 11.2 Å². The van der Waals surface area contributed by atoms with Crippen molar-refractivity contribution in [2.75, 3.05) is 31.1 Å². The number of benzene rings is 1. The number of likely N-dealkylation sites (tertiary alicyclic amines) is 1. The predicted octanol–water partition coefficient (Wildman–Crippen LogP) is 6.56. The van der Waals surface area contributed by atoms with Crippen molar-refractivity contribution in [1.82, 2.24) is 24.6 Å². The maximum absolute atomic E-state index is 6.52. The molecule has 2 aliphatic rings. The Labute approximate surface area is 224 Å². The molecule has 3 aromatic rings. The van der Waals surface area contributed by atoms with Gasteiger partial charge in [0.2, 0.25) is 0 Å². The van der Waals surface area contributed by atoms with Crippen molar-refractivity contribution in [3.05, 3.63) is 45.7 Å². The lowest BCUT2D eigenvalue weighted by molar-refractivity contribution is 0.132. The molecule has 2 aromatic heterocycles. The van der Waals surface area contributed by atoms with Crippen molar-refractivity contribution < 1.29 is 0 Å². The molecule has 2 saturated heterocycles. The van der Waals surface area contributed by atoms with Gasteiger partial charge in [0, 0.05) is 29.2 Å². The Morgan fingerprint density at radius 3 is 2.49 bits per heavy atom. The second-order valence-electron chi connectivity index (χ2n) is 10.0. The fourth-order valence-electron chi connectivity index (χ4n) is 5.75. The second-order valence-corrected chi connectivity index (χ2v) is 10.8. The van der Waals surface area contributed by atoms with Crippen LogP contribution >= 0.6 is 35.6 Å². The van der Waals surface area contributed by atoms with Crippen molar-refractivity contribution in [2.45, 2.75) is 65.0 Å². The summed E-state index contributed by atoms with van der Waals surface area (Å²) in [6, 6.07) is 6.19. The van der Waals surface area contributed by atoms with Gasteiger partial charge in [-0.3, -0.25) is 4.90 Å². The summed E-state index contributed by atoms with van der Waals surface area (Å²) in [5.41, 5.74) is 3.48. The van der Waals surface area contributed by atoms with Gasteiger partial charge in [0.25, 0.3) is 0 Å². The molecule has 3 atom stereocenters. The molecule has 2 fully saturated rings. The summed E-state index contributed by atoms with van der Waals surface area (Å²) in [6.07, 6.45) is 8.54. The summed E-state index contributed by atoms with van der Waals surface area (Å²) in [7, 11) is 0. The average Bonchev–Trinajstić information content (AvgIpc) is 2.98. The third-order valence-corrected chi connectivity index (χ3v) is 8.19. The highest BCUT2D eigenvalue weighted by Crippen LogP contribution is 2.32. The number of nitrogens with zero attached hydrogens (tertiary/aromatic N) is 6. The quantitative estimate of drug-likeness (QED) is 0.377. The highest BCUT2D eigenvalue weighted by molar-refractivity contribution is 6.35. The summed E-state index contributed by atoms with van der Waals surface area (Å²) < 4.78 is 1.95. The molecule has 1 aromatic carbocycles. The Morgan fingerprint density at radius 1 is 1.06 bits per heavy atom. The zero-order chi connectivity index (χ0) is 23.8. The lowest BCUT2D eigenvalue weighted by atomic mass is 9.92. The first kappa shape index (κ1) is 26.5. The molecule has 2 aliphatic heterocycles. The molecule has 0 radical (unpaired) electrons. The number of anilines is 1. The largest absolute Gasteiger partial charge is 0.355 e. The number of hydrogen-bond acceptors (Lipinski definition) is 5. The van der Waals surface area contributed by atoms with Crippen molar-refractivity contribution in [1.29, 1.82) is 0 Å². The van der Waals surface area contributed by atoms with E-state index in [1.165, 1.54) is 45.2 Å². The predicted molar refractivity (Wildman–Crippen MR) is 147 cm³/mol. The molecule has 9 heteroatoms. The summed E-state index contributed by atoms with van der Waals surface area (Å²) in [5, 5.41) is 6.05. The van der Waals surface area contributed by atoms with Crippen LogP contribution in [0.3, 0.4) is 0 Å². The van der Waals surface area contributed by atoms with Crippen LogP contribution in [0.15, 0.2) is 24.4 Å². The SMILES string of the molecule is Cc1nn(C(C)c2ccc(Cl)cc2Cl)c2nc(N3CC[C@H](N4CCCCCC4)[C@H](C)C3)cnc12.Cl. The minimum Gasteiger partial charge on any atom is -0.355 e. The Kier molecular flexibility index (Phi) is 8.47. The molecular weight excluding hydrogens is 503 g/mol. The van der Waals surface area contributed by atoms with Gasteiger partial charge in [0.05, 0.1) is 17.9 Å².